The van der Waals surface area contributed by atoms with Crippen LogP contribution in [0.15, 0.2) is 23.4 Å². The normalized spacial score (nSPS) is 12.8. The molecule has 3 rings (SSSR count). The Morgan fingerprint density at radius 1 is 1.10 bits per heavy atom. The van der Waals surface area contributed by atoms with Crippen LogP contribution in [0, 0.1) is 6.92 Å². The molecule has 7 nitrogen and oxygen atoms in total. The summed E-state index contributed by atoms with van der Waals surface area (Å²) in [6.45, 7) is 0.483. The second-order valence-corrected chi connectivity index (χ2v) is 6.31. The molecular weight excluding hydrogens is 408 g/mol. The third-order valence-corrected chi connectivity index (χ3v) is 4.22. The predicted octanol–water partition coefficient (Wildman–Crippen LogP) is 2.63. The van der Waals surface area contributed by atoms with Crippen LogP contribution in [0.5, 0.6) is 0 Å². The van der Waals surface area contributed by atoms with Gasteiger partial charge in [-0.25, -0.2) is 4.98 Å². The molecule has 29 heavy (non-hydrogen) atoms. The highest BCUT2D eigenvalue weighted by Crippen LogP contribution is 2.34. The number of hydrogen-bond donors (Lipinski definition) is 1. The van der Waals surface area contributed by atoms with Gasteiger partial charge in [-0.15, -0.1) is 0 Å². The number of aliphatic hydroxyl groups is 1. The minimum atomic E-state index is -5.00. The highest BCUT2D eigenvalue weighted by molar-refractivity contribution is 5.65. The molecule has 0 spiro atoms. The summed E-state index contributed by atoms with van der Waals surface area (Å²) < 4.78 is 81.0. The highest BCUT2D eigenvalue weighted by Gasteiger charge is 2.39. The van der Waals surface area contributed by atoms with Gasteiger partial charge in [-0.3, -0.25) is 13.9 Å². The minimum absolute atomic E-state index is 0.0687. The van der Waals surface area contributed by atoms with Gasteiger partial charge in [0.2, 0.25) is 5.78 Å². The van der Waals surface area contributed by atoms with Crippen molar-refractivity contribution >= 4 is 5.78 Å². The number of imidazole rings is 1. The van der Waals surface area contributed by atoms with E-state index in [1.54, 1.807) is 0 Å². The first-order valence-electron chi connectivity index (χ1n) is 8.32. The number of rotatable bonds is 5. The van der Waals surface area contributed by atoms with Crippen molar-refractivity contribution in [3.05, 3.63) is 40.3 Å². The standard InChI is InChI=1S/C16H15F6N5O2/c1-9-7-27-13(29)11(10-6-23-25(8-10)3-2-15(17,18)19)12(16(20,21)22)24-14(27)26(9)4-5-28/h6-8,28H,2-5H2,1H3. The Kier molecular flexibility index (Phi) is 5.19. The summed E-state index contributed by atoms with van der Waals surface area (Å²) in [6, 6.07) is 0. The number of fused-ring (bicyclic) bond motifs is 1. The fourth-order valence-corrected chi connectivity index (χ4v) is 2.94. The summed E-state index contributed by atoms with van der Waals surface area (Å²) in [5, 5.41) is 12.7. The molecule has 0 saturated heterocycles. The van der Waals surface area contributed by atoms with E-state index in [2.05, 4.69) is 10.1 Å². The van der Waals surface area contributed by atoms with E-state index in [1.165, 1.54) is 17.7 Å². The van der Waals surface area contributed by atoms with E-state index in [9.17, 15) is 31.1 Å². The first kappa shape index (κ1) is 20.9. The molecule has 0 atom stereocenters. The van der Waals surface area contributed by atoms with Crippen LogP contribution in [-0.4, -0.2) is 41.6 Å². The SMILES string of the molecule is Cc1cn2c(=O)c(-c3cnn(CCC(F)(F)F)c3)c(C(F)(F)F)nc2n1CCO. The average molecular weight is 423 g/mol. The van der Waals surface area contributed by atoms with Gasteiger partial charge in [0.25, 0.3) is 5.56 Å². The van der Waals surface area contributed by atoms with Crippen molar-refractivity contribution in [1.29, 1.82) is 0 Å². The number of aromatic nitrogens is 5. The van der Waals surface area contributed by atoms with Gasteiger partial charge in [-0.2, -0.15) is 31.4 Å². The first-order chi connectivity index (χ1) is 13.4. The summed E-state index contributed by atoms with van der Waals surface area (Å²) in [5.74, 6) is -0.304. The number of alkyl halides is 6. The second kappa shape index (κ2) is 7.21. The van der Waals surface area contributed by atoms with Crippen molar-refractivity contribution in [3.63, 3.8) is 0 Å². The Hall–Kier alpha value is -2.83. The molecule has 0 aliphatic rings. The number of hydrogen-bond acceptors (Lipinski definition) is 4. The van der Waals surface area contributed by atoms with E-state index < -0.39 is 42.1 Å². The van der Waals surface area contributed by atoms with Crippen molar-refractivity contribution in [3.8, 4) is 11.1 Å². The Bertz CT molecular complexity index is 1090. The number of aryl methyl sites for hydroxylation is 2. The van der Waals surface area contributed by atoms with Crippen molar-refractivity contribution in [2.45, 2.75) is 38.8 Å². The molecule has 0 aromatic carbocycles. The van der Waals surface area contributed by atoms with Gasteiger partial charge in [-0.1, -0.05) is 0 Å². The highest BCUT2D eigenvalue weighted by atomic mass is 19.4. The predicted molar refractivity (Wildman–Crippen MR) is 88.2 cm³/mol. The minimum Gasteiger partial charge on any atom is -0.395 e. The van der Waals surface area contributed by atoms with Crippen molar-refractivity contribution in [1.82, 2.24) is 23.7 Å². The molecule has 1 N–H and O–H groups in total. The molecule has 0 unspecified atom stereocenters. The van der Waals surface area contributed by atoms with Crippen LogP contribution >= 0.6 is 0 Å². The molecular formula is C16H15F6N5O2. The molecule has 0 fully saturated rings. The molecule has 0 amide bonds. The van der Waals surface area contributed by atoms with E-state index in [-0.39, 0.29) is 24.5 Å². The van der Waals surface area contributed by atoms with Gasteiger partial charge in [0.15, 0.2) is 5.69 Å². The molecule has 0 radical (unpaired) electrons. The molecule has 0 aliphatic heterocycles. The van der Waals surface area contributed by atoms with E-state index in [0.29, 0.717) is 5.69 Å². The van der Waals surface area contributed by atoms with Crippen molar-refractivity contribution in [2.24, 2.45) is 0 Å². The van der Waals surface area contributed by atoms with Crippen LogP contribution in [-0.2, 0) is 19.3 Å². The van der Waals surface area contributed by atoms with Gasteiger partial charge >= 0.3 is 12.4 Å². The third kappa shape index (κ3) is 4.13. The van der Waals surface area contributed by atoms with Crippen LogP contribution in [0.1, 0.15) is 17.8 Å². The van der Waals surface area contributed by atoms with E-state index in [0.717, 1.165) is 21.5 Å². The first-order valence-corrected chi connectivity index (χ1v) is 8.32. The lowest BCUT2D eigenvalue weighted by atomic mass is 10.1. The van der Waals surface area contributed by atoms with Crippen LogP contribution in [0.4, 0.5) is 26.3 Å². The summed E-state index contributed by atoms with van der Waals surface area (Å²) in [5.41, 5.74) is -3.23. The lowest BCUT2D eigenvalue weighted by Gasteiger charge is -2.12. The Balaban J connectivity index is 2.18. The van der Waals surface area contributed by atoms with Gasteiger partial charge in [0.1, 0.15) is 0 Å². The summed E-state index contributed by atoms with van der Waals surface area (Å²) in [4.78, 5) is 16.4. The second-order valence-electron chi connectivity index (χ2n) is 6.31. The monoisotopic (exact) mass is 423 g/mol. The Morgan fingerprint density at radius 2 is 1.79 bits per heavy atom. The molecule has 3 heterocycles. The largest absolute Gasteiger partial charge is 0.434 e. The Labute approximate surface area is 158 Å². The molecule has 0 bridgehead atoms. The van der Waals surface area contributed by atoms with Crippen LogP contribution in [0.3, 0.4) is 0 Å². The van der Waals surface area contributed by atoms with Crippen LogP contribution < -0.4 is 5.56 Å². The maximum Gasteiger partial charge on any atom is 0.434 e. The quantitative estimate of drug-likeness (QED) is 0.641. The number of halogens is 6. The summed E-state index contributed by atoms with van der Waals surface area (Å²) >= 11 is 0. The lowest BCUT2D eigenvalue weighted by Crippen LogP contribution is -2.24. The van der Waals surface area contributed by atoms with Gasteiger partial charge in [0, 0.05) is 36.7 Å². The van der Waals surface area contributed by atoms with Crippen molar-refractivity contribution < 1.29 is 31.4 Å². The lowest BCUT2D eigenvalue weighted by molar-refractivity contribution is -0.140. The van der Waals surface area contributed by atoms with E-state index in [4.69, 9.17) is 5.11 Å². The third-order valence-electron chi connectivity index (χ3n) is 4.22. The zero-order chi connectivity index (χ0) is 21.6. The van der Waals surface area contributed by atoms with Crippen LogP contribution in [0.25, 0.3) is 16.9 Å². The smallest absolute Gasteiger partial charge is 0.395 e. The topological polar surface area (TPSA) is 77.4 Å². The van der Waals surface area contributed by atoms with Gasteiger partial charge in [-0.05, 0) is 6.92 Å². The fraction of sp³-hybridized carbons (Fsp3) is 0.438. The molecule has 0 saturated carbocycles. The molecule has 3 aromatic heterocycles. The van der Waals surface area contributed by atoms with Crippen LogP contribution in [0.2, 0.25) is 0 Å². The molecule has 0 aliphatic carbocycles. The zero-order valence-electron chi connectivity index (χ0n) is 14.9. The molecule has 3 aromatic rings. The molecule has 13 heteroatoms. The van der Waals surface area contributed by atoms with Crippen molar-refractivity contribution in [2.75, 3.05) is 6.61 Å². The van der Waals surface area contributed by atoms with Gasteiger partial charge in [0.05, 0.1) is 24.8 Å². The summed E-state index contributed by atoms with van der Waals surface area (Å²) in [6.07, 6.45) is -7.56. The zero-order valence-corrected chi connectivity index (χ0v) is 14.9. The number of aliphatic hydroxyl groups excluding tert-OH is 1. The average Bonchev–Trinajstić information content (AvgIpc) is 3.18. The number of nitrogens with zero attached hydrogens (tertiary/aromatic N) is 5. The molecule has 158 valence electrons. The van der Waals surface area contributed by atoms with E-state index >= 15 is 0 Å². The maximum absolute atomic E-state index is 13.6. The summed E-state index contributed by atoms with van der Waals surface area (Å²) in [7, 11) is 0. The van der Waals surface area contributed by atoms with Gasteiger partial charge < -0.3 is 9.67 Å². The maximum atomic E-state index is 13.6. The van der Waals surface area contributed by atoms with E-state index in [1.807, 2.05) is 0 Å². The fourth-order valence-electron chi connectivity index (χ4n) is 2.94. The Morgan fingerprint density at radius 3 is 2.38 bits per heavy atom.